The summed E-state index contributed by atoms with van der Waals surface area (Å²) in [6.45, 7) is 3.38. The molecule has 152 valence electrons. The average molecular weight is 406 g/mol. The molecule has 1 aromatic heterocycles. The fourth-order valence-electron chi connectivity index (χ4n) is 5.77. The van der Waals surface area contributed by atoms with Crippen molar-refractivity contribution in [1.29, 1.82) is 0 Å². The normalized spacial score (nSPS) is 30.2. The van der Waals surface area contributed by atoms with Crippen molar-refractivity contribution in [2.24, 2.45) is 29.6 Å². The minimum atomic E-state index is -0.484. The molecule has 1 aromatic rings. The molecule has 0 radical (unpaired) electrons. The van der Waals surface area contributed by atoms with Crippen LogP contribution >= 0.6 is 11.3 Å². The van der Waals surface area contributed by atoms with Gasteiger partial charge in [-0.1, -0.05) is 0 Å². The van der Waals surface area contributed by atoms with Crippen LogP contribution in [0, 0.1) is 43.4 Å². The highest BCUT2D eigenvalue weighted by atomic mass is 32.1. The van der Waals surface area contributed by atoms with E-state index >= 15 is 0 Å². The number of thiophene rings is 1. The second-order valence-electron chi connectivity index (χ2n) is 8.59. The minimum absolute atomic E-state index is 0.0440. The monoisotopic (exact) mass is 405 g/mol. The van der Waals surface area contributed by atoms with E-state index in [9.17, 15) is 14.4 Å². The van der Waals surface area contributed by atoms with Gasteiger partial charge in [0.2, 0.25) is 0 Å². The van der Waals surface area contributed by atoms with Crippen LogP contribution in [0.4, 0.5) is 5.00 Å². The van der Waals surface area contributed by atoms with Crippen molar-refractivity contribution >= 4 is 34.2 Å². The highest BCUT2D eigenvalue weighted by Crippen LogP contribution is 2.56. The lowest BCUT2D eigenvalue weighted by molar-refractivity contribution is -0.164. The zero-order valence-corrected chi connectivity index (χ0v) is 17.4. The third-order valence-electron chi connectivity index (χ3n) is 6.87. The van der Waals surface area contributed by atoms with Crippen molar-refractivity contribution in [2.45, 2.75) is 46.0 Å². The molecule has 4 aliphatic rings. The molecular formula is C21H27NO5S. The highest BCUT2D eigenvalue weighted by Gasteiger charge is 2.51. The molecule has 1 heterocycles. The average Bonchev–Trinajstić information content (AvgIpc) is 2.92. The second kappa shape index (κ2) is 7.50. The Balaban J connectivity index is 1.36. The SMILES string of the molecule is COC(=O)c1c(NC(=O)COC(=O)C2C3CC4CC(C3)CC2C4)sc(C)c1C. The van der Waals surface area contributed by atoms with Crippen LogP contribution in [-0.2, 0) is 19.1 Å². The summed E-state index contributed by atoms with van der Waals surface area (Å²) in [4.78, 5) is 38.0. The zero-order valence-electron chi connectivity index (χ0n) is 16.6. The lowest BCUT2D eigenvalue weighted by Gasteiger charge is -2.53. The van der Waals surface area contributed by atoms with E-state index in [1.807, 2.05) is 13.8 Å². The minimum Gasteiger partial charge on any atom is -0.465 e. The number of hydrogen-bond donors (Lipinski definition) is 1. The summed E-state index contributed by atoms with van der Waals surface area (Å²) in [5, 5.41) is 3.15. The number of carbonyl (C=O) groups excluding carboxylic acids is 3. The molecule has 28 heavy (non-hydrogen) atoms. The van der Waals surface area contributed by atoms with Crippen LogP contribution in [0.1, 0.15) is 52.9 Å². The number of aryl methyl sites for hydroxylation is 1. The van der Waals surface area contributed by atoms with Gasteiger partial charge in [0.05, 0.1) is 18.6 Å². The quantitative estimate of drug-likeness (QED) is 0.756. The van der Waals surface area contributed by atoms with Crippen LogP contribution in [0.2, 0.25) is 0 Å². The molecule has 4 saturated carbocycles. The summed E-state index contributed by atoms with van der Waals surface area (Å²) in [6, 6.07) is 0. The molecule has 0 aliphatic heterocycles. The van der Waals surface area contributed by atoms with Crippen LogP contribution in [0.3, 0.4) is 0 Å². The molecule has 0 aromatic carbocycles. The topological polar surface area (TPSA) is 81.7 Å². The van der Waals surface area contributed by atoms with Gasteiger partial charge in [-0.05, 0) is 75.2 Å². The van der Waals surface area contributed by atoms with Gasteiger partial charge in [-0.25, -0.2) is 4.79 Å². The van der Waals surface area contributed by atoms with Gasteiger partial charge in [-0.2, -0.15) is 0 Å². The van der Waals surface area contributed by atoms with Gasteiger partial charge in [-0.15, -0.1) is 11.3 Å². The Morgan fingerprint density at radius 3 is 2.21 bits per heavy atom. The maximum absolute atomic E-state index is 12.7. The van der Waals surface area contributed by atoms with Gasteiger partial charge in [0, 0.05) is 4.88 Å². The summed E-state index contributed by atoms with van der Waals surface area (Å²) in [7, 11) is 1.31. The number of nitrogens with one attached hydrogen (secondary N) is 1. The Morgan fingerprint density at radius 2 is 1.64 bits per heavy atom. The van der Waals surface area contributed by atoms with Crippen LogP contribution in [0.25, 0.3) is 0 Å². The van der Waals surface area contributed by atoms with Gasteiger partial charge >= 0.3 is 11.9 Å². The number of carbonyl (C=O) groups is 3. The predicted molar refractivity (Wildman–Crippen MR) is 105 cm³/mol. The summed E-state index contributed by atoms with van der Waals surface area (Å²) in [5.74, 6) is 1.26. The standard InChI is InChI=1S/C21H27NO5S/c1-10-11(2)28-19(17(10)20(24)26-3)22-16(23)9-27-21(25)18-14-5-12-4-13(7-14)8-15(18)6-12/h12-15,18H,4-9H2,1-3H3,(H,22,23). The summed E-state index contributed by atoms with van der Waals surface area (Å²) in [6.07, 6.45) is 5.87. The van der Waals surface area contributed by atoms with Crippen molar-refractivity contribution < 1.29 is 23.9 Å². The van der Waals surface area contributed by atoms with Gasteiger partial charge in [0.15, 0.2) is 6.61 Å². The molecular weight excluding hydrogens is 378 g/mol. The van der Waals surface area contributed by atoms with E-state index in [4.69, 9.17) is 9.47 Å². The van der Waals surface area contributed by atoms with Gasteiger partial charge < -0.3 is 14.8 Å². The Bertz CT molecular complexity index is 786. The smallest absolute Gasteiger partial charge is 0.341 e. The van der Waals surface area contributed by atoms with Crippen LogP contribution in [-0.4, -0.2) is 31.6 Å². The first-order valence-electron chi connectivity index (χ1n) is 10.0. The number of methoxy groups -OCH3 is 1. The van der Waals surface area contributed by atoms with E-state index < -0.39 is 11.9 Å². The highest BCUT2D eigenvalue weighted by molar-refractivity contribution is 7.16. The predicted octanol–water partition coefficient (Wildman–Crippen LogP) is 3.71. The molecule has 1 amide bonds. The molecule has 6 nitrogen and oxygen atoms in total. The Kier molecular flexibility index (Phi) is 5.21. The largest absolute Gasteiger partial charge is 0.465 e. The van der Waals surface area contributed by atoms with E-state index in [0.29, 0.717) is 22.4 Å². The first kappa shape index (κ1) is 19.4. The Morgan fingerprint density at radius 1 is 1.04 bits per heavy atom. The first-order chi connectivity index (χ1) is 13.4. The van der Waals surface area contributed by atoms with Crippen molar-refractivity contribution in [3.8, 4) is 0 Å². The third-order valence-corrected chi connectivity index (χ3v) is 7.99. The van der Waals surface area contributed by atoms with Gasteiger partial charge in [0.25, 0.3) is 5.91 Å². The summed E-state index contributed by atoms with van der Waals surface area (Å²) < 4.78 is 10.2. The third kappa shape index (κ3) is 3.45. The van der Waals surface area contributed by atoms with Crippen molar-refractivity contribution in [3.05, 3.63) is 16.0 Å². The number of rotatable bonds is 5. The molecule has 0 saturated heterocycles. The van der Waals surface area contributed by atoms with Crippen molar-refractivity contribution in [3.63, 3.8) is 0 Å². The van der Waals surface area contributed by atoms with Crippen LogP contribution in [0.15, 0.2) is 0 Å². The van der Waals surface area contributed by atoms with Gasteiger partial charge in [0.1, 0.15) is 5.00 Å². The van der Waals surface area contributed by atoms with Crippen LogP contribution < -0.4 is 5.32 Å². The maximum atomic E-state index is 12.7. The van der Waals surface area contributed by atoms with E-state index in [0.717, 1.165) is 48.0 Å². The molecule has 1 N–H and O–H groups in total. The fraction of sp³-hybridized carbons (Fsp3) is 0.667. The lowest BCUT2D eigenvalue weighted by atomic mass is 9.52. The molecule has 7 heteroatoms. The van der Waals surface area contributed by atoms with Crippen molar-refractivity contribution in [1.82, 2.24) is 0 Å². The van der Waals surface area contributed by atoms with E-state index in [1.165, 1.54) is 24.9 Å². The van der Waals surface area contributed by atoms with E-state index in [2.05, 4.69) is 5.32 Å². The summed E-state index contributed by atoms with van der Waals surface area (Å²) >= 11 is 1.32. The van der Waals surface area contributed by atoms with Crippen LogP contribution in [0.5, 0.6) is 0 Å². The van der Waals surface area contributed by atoms with Crippen molar-refractivity contribution in [2.75, 3.05) is 19.0 Å². The van der Waals surface area contributed by atoms with Gasteiger partial charge in [-0.3, -0.25) is 9.59 Å². The lowest BCUT2D eigenvalue weighted by Crippen LogP contribution is -2.48. The molecule has 4 fully saturated rings. The number of ether oxygens (including phenoxy) is 2. The van der Waals surface area contributed by atoms with E-state index in [1.54, 1.807) is 0 Å². The number of amides is 1. The maximum Gasteiger partial charge on any atom is 0.341 e. The summed E-state index contributed by atoms with van der Waals surface area (Å²) in [5.41, 5.74) is 1.16. The molecule has 4 bridgehead atoms. The zero-order chi connectivity index (χ0) is 20.0. The molecule has 5 rings (SSSR count). The molecule has 0 spiro atoms. The number of hydrogen-bond acceptors (Lipinski definition) is 6. The molecule has 0 unspecified atom stereocenters. The second-order valence-corrected chi connectivity index (χ2v) is 9.82. The Hall–Kier alpha value is -1.89. The number of esters is 2. The fourth-order valence-corrected chi connectivity index (χ4v) is 6.83. The first-order valence-corrected chi connectivity index (χ1v) is 10.8. The molecule has 4 aliphatic carbocycles. The Labute approximate surface area is 169 Å². The number of anilines is 1. The molecule has 0 atom stereocenters. The van der Waals surface area contributed by atoms with E-state index in [-0.39, 0.29) is 18.5 Å².